The quantitative estimate of drug-likeness (QED) is 0.863. The number of hydrogen-bond donors (Lipinski definition) is 1. The lowest BCUT2D eigenvalue weighted by Gasteiger charge is -2.29. The van der Waals surface area contributed by atoms with E-state index in [1.54, 1.807) is 18.2 Å². The number of aromatic hydroxyl groups is 1. The van der Waals surface area contributed by atoms with Crippen LogP contribution in [0.15, 0.2) is 48.7 Å². The summed E-state index contributed by atoms with van der Waals surface area (Å²) in [7, 11) is 1.54. The molecule has 3 rings (SSSR count). The normalized spacial score (nSPS) is 29.0. The molecule has 3 nitrogen and oxygen atoms in total. The first-order valence-corrected chi connectivity index (χ1v) is 8.08. The zero-order valence-electron chi connectivity index (χ0n) is 13.4. The van der Waals surface area contributed by atoms with Crippen LogP contribution in [0, 0.1) is 23.7 Å². The minimum atomic E-state index is 0.0684. The number of carbonyl (C=O) groups excluding carboxylic acids is 1. The average molecular weight is 310 g/mol. The van der Waals surface area contributed by atoms with Crippen molar-refractivity contribution in [2.24, 2.45) is 23.7 Å². The number of benzene rings is 1. The zero-order valence-corrected chi connectivity index (χ0v) is 13.4. The summed E-state index contributed by atoms with van der Waals surface area (Å²) in [6.07, 6.45) is 8.59. The summed E-state index contributed by atoms with van der Waals surface area (Å²) in [5.41, 5.74) is 3.91. The Bertz CT molecular complexity index is 682. The Kier molecular flexibility index (Phi) is 4.40. The van der Waals surface area contributed by atoms with Gasteiger partial charge in [-0.2, -0.15) is 0 Å². The van der Waals surface area contributed by atoms with Gasteiger partial charge in [-0.3, -0.25) is 4.79 Å². The van der Waals surface area contributed by atoms with Crippen molar-refractivity contribution in [3.63, 3.8) is 0 Å². The molecule has 4 unspecified atom stereocenters. The highest BCUT2D eigenvalue weighted by Gasteiger charge is 2.44. The third-order valence-electron chi connectivity index (χ3n) is 5.20. The Labute approximate surface area is 137 Å². The maximum absolute atomic E-state index is 12.4. The number of carbonyl (C=O) groups is 1. The minimum absolute atomic E-state index is 0.0684. The molecule has 1 saturated carbocycles. The third kappa shape index (κ3) is 2.97. The van der Waals surface area contributed by atoms with Gasteiger partial charge in [-0.15, -0.1) is 5.73 Å². The van der Waals surface area contributed by atoms with Crippen LogP contribution in [-0.4, -0.2) is 18.0 Å². The highest BCUT2D eigenvalue weighted by molar-refractivity contribution is 5.93. The Morgan fingerprint density at radius 1 is 1.43 bits per heavy atom. The topological polar surface area (TPSA) is 46.5 Å². The fourth-order valence-electron chi connectivity index (χ4n) is 4.16. The molecule has 0 spiro atoms. The first kappa shape index (κ1) is 15.6. The van der Waals surface area contributed by atoms with E-state index in [1.165, 1.54) is 7.11 Å². The van der Waals surface area contributed by atoms with Crippen LogP contribution in [0.2, 0.25) is 0 Å². The molecular formula is C20H22O3. The standard InChI is InChI=1S/C20H22O3/c1-3-4-14-7-9-17(21)20-15(6-8-16(14)20)11-13-5-10-19(23-2)18(22)12-13/h4-5,7,9-10,12,14-16,20,22H,1,6,8,11H2,2H3. The molecule has 1 fully saturated rings. The largest absolute Gasteiger partial charge is 0.504 e. The number of phenols is 1. The molecule has 1 N–H and O–H groups in total. The molecular weight excluding hydrogens is 288 g/mol. The predicted octanol–water partition coefficient (Wildman–Crippen LogP) is 3.68. The lowest BCUT2D eigenvalue weighted by atomic mass is 9.73. The Morgan fingerprint density at radius 3 is 2.96 bits per heavy atom. The van der Waals surface area contributed by atoms with Crippen LogP contribution < -0.4 is 4.74 Å². The van der Waals surface area contributed by atoms with Crippen molar-refractivity contribution in [2.45, 2.75) is 19.3 Å². The van der Waals surface area contributed by atoms with Gasteiger partial charge in [-0.25, -0.2) is 0 Å². The van der Waals surface area contributed by atoms with Crippen LogP contribution in [0.1, 0.15) is 18.4 Å². The van der Waals surface area contributed by atoms with Gasteiger partial charge >= 0.3 is 0 Å². The first-order chi connectivity index (χ1) is 11.1. The lowest BCUT2D eigenvalue weighted by Crippen LogP contribution is -2.31. The molecule has 1 aromatic rings. The third-order valence-corrected chi connectivity index (χ3v) is 5.20. The molecule has 0 amide bonds. The Balaban J connectivity index is 1.79. The van der Waals surface area contributed by atoms with Gasteiger partial charge in [0.05, 0.1) is 7.11 Å². The van der Waals surface area contributed by atoms with E-state index in [2.05, 4.69) is 12.3 Å². The highest BCUT2D eigenvalue weighted by Crippen LogP contribution is 2.46. The molecule has 23 heavy (non-hydrogen) atoms. The van der Waals surface area contributed by atoms with Crippen molar-refractivity contribution < 1.29 is 14.6 Å². The molecule has 120 valence electrons. The average Bonchev–Trinajstić information content (AvgIpc) is 2.95. The summed E-state index contributed by atoms with van der Waals surface area (Å²) < 4.78 is 5.08. The van der Waals surface area contributed by atoms with Crippen molar-refractivity contribution in [3.8, 4) is 11.5 Å². The smallest absolute Gasteiger partial charge is 0.160 e. The van der Waals surface area contributed by atoms with Crippen LogP contribution in [0.25, 0.3) is 0 Å². The van der Waals surface area contributed by atoms with E-state index in [1.807, 2.05) is 18.2 Å². The van der Waals surface area contributed by atoms with Crippen molar-refractivity contribution >= 4 is 5.78 Å². The molecule has 3 heteroatoms. The summed E-state index contributed by atoms with van der Waals surface area (Å²) in [4.78, 5) is 12.4. The van der Waals surface area contributed by atoms with E-state index in [-0.39, 0.29) is 23.4 Å². The van der Waals surface area contributed by atoms with Gasteiger partial charge < -0.3 is 9.84 Å². The molecule has 0 saturated heterocycles. The van der Waals surface area contributed by atoms with Crippen molar-refractivity contribution in [1.82, 2.24) is 0 Å². The SMILES string of the molecule is C=C=CC1C=CC(=O)C2C(Cc3ccc(OC)c(O)c3)CCC12. The molecule has 4 atom stereocenters. The maximum atomic E-state index is 12.4. The fourth-order valence-corrected chi connectivity index (χ4v) is 4.16. The molecule has 0 heterocycles. The fraction of sp³-hybridized carbons (Fsp3) is 0.400. The van der Waals surface area contributed by atoms with Gasteiger partial charge in [0, 0.05) is 11.8 Å². The van der Waals surface area contributed by atoms with E-state index in [4.69, 9.17) is 4.74 Å². The van der Waals surface area contributed by atoms with E-state index in [0.29, 0.717) is 17.6 Å². The number of rotatable bonds is 4. The molecule has 0 aromatic heterocycles. The van der Waals surface area contributed by atoms with Crippen LogP contribution in [0.5, 0.6) is 11.5 Å². The Hall–Kier alpha value is -2.25. The van der Waals surface area contributed by atoms with Crippen LogP contribution in [0.4, 0.5) is 0 Å². The maximum Gasteiger partial charge on any atom is 0.160 e. The summed E-state index contributed by atoms with van der Waals surface area (Å²) in [6, 6.07) is 5.50. The molecule has 1 aromatic carbocycles. The zero-order chi connectivity index (χ0) is 16.4. The monoisotopic (exact) mass is 310 g/mol. The summed E-state index contributed by atoms with van der Waals surface area (Å²) >= 11 is 0. The van der Waals surface area contributed by atoms with E-state index >= 15 is 0 Å². The molecule has 0 aliphatic heterocycles. The van der Waals surface area contributed by atoms with E-state index in [0.717, 1.165) is 24.8 Å². The number of fused-ring (bicyclic) bond motifs is 1. The van der Waals surface area contributed by atoms with Crippen molar-refractivity contribution in [3.05, 3.63) is 54.3 Å². The van der Waals surface area contributed by atoms with Gasteiger partial charge in [-0.1, -0.05) is 18.7 Å². The van der Waals surface area contributed by atoms with Gasteiger partial charge in [0.25, 0.3) is 0 Å². The van der Waals surface area contributed by atoms with E-state index < -0.39 is 0 Å². The van der Waals surface area contributed by atoms with E-state index in [9.17, 15) is 9.90 Å². The minimum Gasteiger partial charge on any atom is -0.504 e. The second kappa shape index (κ2) is 6.47. The van der Waals surface area contributed by atoms with Gasteiger partial charge in [-0.05, 0) is 60.9 Å². The molecule has 0 radical (unpaired) electrons. The second-order valence-corrected chi connectivity index (χ2v) is 6.45. The van der Waals surface area contributed by atoms with Crippen LogP contribution >= 0.6 is 0 Å². The number of methoxy groups -OCH3 is 1. The number of phenolic OH excluding ortho intramolecular Hbond substituents is 1. The van der Waals surface area contributed by atoms with Crippen molar-refractivity contribution in [2.75, 3.05) is 7.11 Å². The summed E-state index contributed by atoms with van der Waals surface area (Å²) in [5.74, 6) is 1.89. The molecule has 0 bridgehead atoms. The predicted molar refractivity (Wildman–Crippen MR) is 89.4 cm³/mol. The summed E-state index contributed by atoms with van der Waals surface area (Å²) in [5, 5.41) is 9.94. The first-order valence-electron chi connectivity index (χ1n) is 8.08. The van der Waals surface area contributed by atoms with Gasteiger partial charge in [0.2, 0.25) is 0 Å². The highest BCUT2D eigenvalue weighted by atomic mass is 16.5. The van der Waals surface area contributed by atoms with Gasteiger partial charge in [0.1, 0.15) is 0 Å². The lowest BCUT2D eigenvalue weighted by molar-refractivity contribution is -0.121. The van der Waals surface area contributed by atoms with Crippen LogP contribution in [0.3, 0.4) is 0 Å². The second-order valence-electron chi connectivity index (χ2n) is 6.45. The number of ether oxygens (including phenoxy) is 1. The summed E-state index contributed by atoms with van der Waals surface area (Å²) in [6.45, 7) is 3.66. The van der Waals surface area contributed by atoms with Gasteiger partial charge in [0.15, 0.2) is 17.3 Å². The molecule has 2 aliphatic rings. The number of allylic oxidation sites excluding steroid dienone is 3. The number of ketones is 1. The molecule has 2 aliphatic carbocycles. The number of hydrogen-bond acceptors (Lipinski definition) is 3. The van der Waals surface area contributed by atoms with Crippen molar-refractivity contribution in [1.29, 1.82) is 0 Å². The van der Waals surface area contributed by atoms with Crippen LogP contribution in [-0.2, 0) is 11.2 Å². The Morgan fingerprint density at radius 2 is 2.26 bits per heavy atom.